The summed E-state index contributed by atoms with van der Waals surface area (Å²) < 4.78 is 5.81. The van der Waals surface area contributed by atoms with E-state index in [9.17, 15) is 4.79 Å². The molecule has 0 aliphatic heterocycles. The summed E-state index contributed by atoms with van der Waals surface area (Å²) in [5.41, 5.74) is 0.421. The van der Waals surface area contributed by atoms with Crippen LogP contribution in [0.1, 0.15) is 95.3 Å². The average Bonchev–Trinajstić information content (AvgIpc) is 2.70. The lowest BCUT2D eigenvalue weighted by Crippen LogP contribution is -2.14. The van der Waals surface area contributed by atoms with Crippen molar-refractivity contribution in [3.8, 4) is 5.75 Å². The molecule has 1 aromatic carbocycles. The fourth-order valence-corrected chi connectivity index (χ4v) is 2.95. The fraction of sp³-hybridized carbons (Fsp3) is 0.696. The minimum Gasteiger partial charge on any atom is -0.493 e. The number of para-hydroxylation sites is 1. The normalized spacial score (nSPS) is 12.0. The Morgan fingerprint density at radius 1 is 0.926 bits per heavy atom. The van der Waals surface area contributed by atoms with Crippen LogP contribution in [0.2, 0.25) is 0 Å². The van der Waals surface area contributed by atoms with Crippen molar-refractivity contribution in [3.05, 3.63) is 29.8 Å². The second-order valence-electron chi connectivity index (χ2n) is 7.18. The monoisotopic (exact) mass is 378 g/mol. The third kappa shape index (κ3) is 10.4. The zero-order chi connectivity index (χ0) is 19.7. The number of rotatable bonds is 16. The van der Waals surface area contributed by atoms with Gasteiger partial charge in [0.05, 0.1) is 13.2 Å². The number of hydrogen-bond acceptors (Lipinski definition) is 4. The van der Waals surface area contributed by atoms with Gasteiger partial charge in [0.25, 0.3) is 0 Å². The summed E-state index contributed by atoms with van der Waals surface area (Å²) in [6.45, 7) is 7.60. The molecule has 4 heteroatoms. The molecule has 0 amide bonds. The van der Waals surface area contributed by atoms with E-state index in [1.807, 2.05) is 18.2 Å². The maximum absolute atomic E-state index is 12.3. The van der Waals surface area contributed by atoms with Crippen LogP contribution in [0.5, 0.6) is 5.75 Å². The first-order chi connectivity index (χ1) is 13.2. The molecule has 1 rings (SSSR count). The smallest absolute Gasteiger partial charge is 0.376 e. The molecule has 0 aliphatic rings. The molecule has 1 aromatic rings. The Morgan fingerprint density at radius 2 is 1.63 bits per heavy atom. The van der Waals surface area contributed by atoms with Crippen molar-refractivity contribution in [1.29, 1.82) is 0 Å². The van der Waals surface area contributed by atoms with E-state index in [0.29, 0.717) is 30.4 Å². The van der Waals surface area contributed by atoms with Gasteiger partial charge in [-0.05, 0) is 30.9 Å². The van der Waals surface area contributed by atoms with Crippen molar-refractivity contribution in [2.75, 3.05) is 13.2 Å². The maximum Gasteiger partial charge on any atom is 0.376 e. The van der Waals surface area contributed by atoms with Gasteiger partial charge >= 0.3 is 5.97 Å². The molecular formula is C23H38O4. The third-order valence-electron chi connectivity index (χ3n) is 4.84. The van der Waals surface area contributed by atoms with Gasteiger partial charge in [-0.3, -0.25) is 4.89 Å². The second kappa shape index (κ2) is 15.5. The zero-order valence-corrected chi connectivity index (χ0v) is 17.5. The van der Waals surface area contributed by atoms with Crippen molar-refractivity contribution < 1.29 is 19.3 Å². The highest BCUT2D eigenvalue weighted by Gasteiger charge is 2.16. The van der Waals surface area contributed by atoms with Crippen LogP contribution < -0.4 is 4.74 Å². The number of benzene rings is 1. The first-order valence-corrected chi connectivity index (χ1v) is 10.8. The Hall–Kier alpha value is -1.55. The Labute approximate surface area is 165 Å². The molecule has 4 nitrogen and oxygen atoms in total. The lowest BCUT2D eigenvalue weighted by Gasteiger charge is -2.14. The van der Waals surface area contributed by atoms with Gasteiger partial charge in [0.1, 0.15) is 11.3 Å². The van der Waals surface area contributed by atoms with Crippen LogP contribution in [-0.4, -0.2) is 19.2 Å². The van der Waals surface area contributed by atoms with Gasteiger partial charge < -0.3 is 4.74 Å². The van der Waals surface area contributed by atoms with Crippen LogP contribution in [-0.2, 0) is 9.78 Å². The minimum atomic E-state index is -0.487. The molecule has 27 heavy (non-hydrogen) atoms. The van der Waals surface area contributed by atoms with E-state index in [2.05, 4.69) is 20.8 Å². The van der Waals surface area contributed by atoms with Gasteiger partial charge in [0, 0.05) is 0 Å². The molecule has 0 saturated carbocycles. The van der Waals surface area contributed by atoms with Crippen molar-refractivity contribution in [2.24, 2.45) is 5.92 Å². The van der Waals surface area contributed by atoms with E-state index in [1.165, 1.54) is 38.5 Å². The van der Waals surface area contributed by atoms with Crippen molar-refractivity contribution in [1.82, 2.24) is 0 Å². The van der Waals surface area contributed by atoms with Crippen molar-refractivity contribution in [3.63, 3.8) is 0 Å². The van der Waals surface area contributed by atoms with E-state index in [4.69, 9.17) is 14.5 Å². The van der Waals surface area contributed by atoms with Crippen LogP contribution in [0, 0.1) is 5.92 Å². The molecule has 0 aliphatic carbocycles. The first-order valence-electron chi connectivity index (χ1n) is 10.8. The summed E-state index contributed by atoms with van der Waals surface area (Å²) in [6, 6.07) is 7.21. The van der Waals surface area contributed by atoms with E-state index >= 15 is 0 Å². The second-order valence-corrected chi connectivity index (χ2v) is 7.18. The molecule has 0 N–H and O–H groups in total. The molecule has 0 heterocycles. The number of hydrogen-bond donors (Lipinski definition) is 0. The predicted octanol–water partition coefficient (Wildman–Crippen LogP) is 6.73. The van der Waals surface area contributed by atoms with Crippen LogP contribution in [0.15, 0.2) is 24.3 Å². The van der Waals surface area contributed by atoms with Gasteiger partial charge in [-0.1, -0.05) is 84.3 Å². The van der Waals surface area contributed by atoms with Gasteiger partial charge in [0.2, 0.25) is 0 Å². The maximum atomic E-state index is 12.3. The number of unbranched alkanes of at least 4 members (excludes halogenated alkanes) is 6. The molecule has 0 saturated heterocycles. The van der Waals surface area contributed by atoms with E-state index in [0.717, 1.165) is 25.7 Å². The van der Waals surface area contributed by atoms with Crippen LogP contribution in [0.4, 0.5) is 0 Å². The third-order valence-corrected chi connectivity index (χ3v) is 4.84. The number of ether oxygens (including phenoxy) is 1. The quantitative estimate of drug-likeness (QED) is 0.182. The van der Waals surface area contributed by atoms with Gasteiger partial charge in [-0.2, -0.15) is 4.89 Å². The number of carbonyl (C=O) groups is 1. The van der Waals surface area contributed by atoms with E-state index in [-0.39, 0.29) is 0 Å². The summed E-state index contributed by atoms with van der Waals surface area (Å²) in [4.78, 5) is 22.6. The Bertz CT molecular complexity index is 501. The van der Waals surface area contributed by atoms with Crippen LogP contribution in [0.3, 0.4) is 0 Å². The first kappa shape index (κ1) is 23.5. The molecule has 0 radical (unpaired) electrons. The van der Waals surface area contributed by atoms with Crippen molar-refractivity contribution in [2.45, 2.75) is 85.0 Å². The molecule has 0 bridgehead atoms. The lowest BCUT2D eigenvalue weighted by atomic mass is 10.0. The van der Waals surface area contributed by atoms with E-state index in [1.54, 1.807) is 6.07 Å². The average molecular weight is 379 g/mol. The van der Waals surface area contributed by atoms with Gasteiger partial charge in [-0.15, -0.1) is 0 Å². The van der Waals surface area contributed by atoms with E-state index < -0.39 is 5.97 Å². The highest BCUT2D eigenvalue weighted by molar-refractivity contribution is 5.92. The zero-order valence-electron chi connectivity index (χ0n) is 17.5. The molecule has 1 unspecified atom stereocenters. The Balaban J connectivity index is 2.37. The summed E-state index contributed by atoms with van der Waals surface area (Å²) >= 11 is 0. The Morgan fingerprint density at radius 3 is 2.37 bits per heavy atom. The topological polar surface area (TPSA) is 44.8 Å². The molecule has 154 valence electrons. The largest absolute Gasteiger partial charge is 0.493 e. The predicted molar refractivity (Wildman–Crippen MR) is 110 cm³/mol. The minimum absolute atomic E-state index is 0.421. The Kier molecular flexibility index (Phi) is 13.5. The van der Waals surface area contributed by atoms with Crippen LogP contribution in [0.25, 0.3) is 0 Å². The molecule has 0 fully saturated rings. The summed E-state index contributed by atoms with van der Waals surface area (Å²) in [5.74, 6) is 0.508. The standard InChI is InChI=1S/C23H38O4/c1-4-7-9-10-11-14-18-25-22-17-13-12-16-21(22)23(24)27-26-19-20(6-3)15-8-5-2/h12-13,16-17,20H,4-11,14-15,18-19H2,1-3H3. The summed E-state index contributed by atoms with van der Waals surface area (Å²) in [7, 11) is 0. The van der Waals surface area contributed by atoms with Crippen molar-refractivity contribution >= 4 is 5.97 Å². The fourth-order valence-electron chi connectivity index (χ4n) is 2.95. The molecule has 1 atom stereocenters. The van der Waals surface area contributed by atoms with Crippen LogP contribution >= 0.6 is 0 Å². The SMILES string of the molecule is CCCCCCCCOc1ccccc1C(=O)OOCC(CC)CCCC. The molecular weight excluding hydrogens is 340 g/mol. The van der Waals surface area contributed by atoms with Gasteiger partial charge in [0.15, 0.2) is 0 Å². The highest BCUT2D eigenvalue weighted by Crippen LogP contribution is 2.20. The summed E-state index contributed by atoms with van der Waals surface area (Å²) in [6.07, 6.45) is 11.7. The molecule has 0 aromatic heterocycles. The number of carbonyl (C=O) groups excluding carboxylic acids is 1. The lowest BCUT2D eigenvalue weighted by molar-refractivity contribution is -0.249. The molecule has 0 spiro atoms. The summed E-state index contributed by atoms with van der Waals surface area (Å²) in [5, 5.41) is 0. The van der Waals surface area contributed by atoms with Gasteiger partial charge in [-0.25, -0.2) is 4.79 Å². The highest BCUT2D eigenvalue weighted by atomic mass is 17.2.